The number of amides is 2. The van der Waals surface area contributed by atoms with E-state index in [2.05, 4.69) is 4.98 Å². The summed E-state index contributed by atoms with van der Waals surface area (Å²) >= 11 is 1.15. The zero-order valence-corrected chi connectivity index (χ0v) is 7.04. The Hall–Kier alpha value is -1.43. The van der Waals surface area contributed by atoms with E-state index >= 15 is 0 Å². The van der Waals surface area contributed by atoms with E-state index in [1.165, 1.54) is 6.20 Å². The minimum absolute atomic E-state index is 0.176. The van der Waals surface area contributed by atoms with Crippen LogP contribution in [0.2, 0.25) is 0 Å². The molecule has 0 aromatic carbocycles. The van der Waals surface area contributed by atoms with Crippen LogP contribution in [0, 0.1) is 6.92 Å². The van der Waals surface area contributed by atoms with Crippen LogP contribution >= 0.6 is 11.3 Å². The number of aromatic nitrogens is 1. The second-order valence-electron chi connectivity index (χ2n) is 2.01. The largest absolute Gasteiger partial charge is 0.464 e. The Balaban J connectivity index is 2.94. The van der Waals surface area contributed by atoms with Crippen LogP contribution in [0.1, 0.15) is 4.88 Å². The maximum absolute atomic E-state index is 10.4. The molecule has 1 aromatic heterocycles. The Morgan fingerprint density at radius 3 is 2.83 bits per heavy atom. The van der Waals surface area contributed by atoms with Crippen molar-refractivity contribution in [2.75, 3.05) is 4.90 Å². The SMILES string of the molecule is Cc1cnc(N(C=O)C(=O)O)s1. The summed E-state index contributed by atoms with van der Waals surface area (Å²) in [6, 6.07) is 0. The van der Waals surface area contributed by atoms with Gasteiger partial charge in [-0.3, -0.25) is 4.79 Å². The molecule has 0 fully saturated rings. The second-order valence-corrected chi connectivity index (χ2v) is 3.22. The summed E-state index contributed by atoms with van der Waals surface area (Å²) < 4.78 is 0. The van der Waals surface area contributed by atoms with Gasteiger partial charge in [0.2, 0.25) is 11.5 Å². The van der Waals surface area contributed by atoms with Gasteiger partial charge in [-0.15, -0.1) is 11.3 Å². The molecule has 0 saturated heterocycles. The highest BCUT2D eigenvalue weighted by molar-refractivity contribution is 7.15. The van der Waals surface area contributed by atoms with Crippen LogP contribution in [0.4, 0.5) is 9.93 Å². The van der Waals surface area contributed by atoms with Crippen molar-refractivity contribution in [2.24, 2.45) is 0 Å². The number of hydrogen-bond acceptors (Lipinski definition) is 4. The third kappa shape index (κ3) is 1.59. The molecule has 1 N–H and O–H groups in total. The third-order valence-electron chi connectivity index (χ3n) is 1.13. The average molecular weight is 186 g/mol. The third-order valence-corrected chi connectivity index (χ3v) is 2.04. The highest BCUT2D eigenvalue weighted by Crippen LogP contribution is 2.20. The van der Waals surface area contributed by atoms with Gasteiger partial charge in [-0.1, -0.05) is 0 Å². The van der Waals surface area contributed by atoms with Crippen molar-refractivity contribution in [3.63, 3.8) is 0 Å². The molecule has 64 valence electrons. The van der Waals surface area contributed by atoms with Gasteiger partial charge in [0.05, 0.1) is 0 Å². The van der Waals surface area contributed by atoms with Gasteiger partial charge < -0.3 is 5.11 Å². The number of aryl methyl sites for hydroxylation is 1. The van der Waals surface area contributed by atoms with Crippen LogP contribution in [0.5, 0.6) is 0 Å². The number of anilines is 1. The lowest BCUT2D eigenvalue weighted by Crippen LogP contribution is -2.26. The maximum atomic E-state index is 10.4. The number of imide groups is 1. The minimum atomic E-state index is -1.32. The Morgan fingerprint density at radius 1 is 1.83 bits per heavy atom. The minimum Gasteiger partial charge on any atom is -0.464 e. The Bertz CT molecular complexity index is 309. The molecule has 0 bridgehead atoms. The highest BCUT2D eigenvalue weighted by atomic mass is 32.1. The van der Waals surface area contributed by atoms with Crippen LogP contribution in [0.15, 0.2) is 6.20 Å². The van der Waals surface area contributed by atoms with Gasteiger partial charge in [-0.2, -0.15) is 4.90 Å². The second kappa shape index (κ2) is 3.31. The molecular formula is C6H6N2O3S. The zero-order chi connectivity index (χ0) is 9.14. The molecule has 1 aromatic rings. The monoisotopic (exact) mass is 186 g/mol. The van der Waals surface area contributed by atoms with Gasteiger partial charge in [0.15, 0.2) is 0 Å². The molecule has 6 heteroatoms. The van der Waals surface area contributed by atoms with E-state index in [4.69, 9.17) is 5.11 Å². The standard InChI is InChI=1S/C6H6N2O3S/c1-4-2-7-5(12-4)8(3-9)6(10)11/h2-3H,1H3,(H,10,11). The quantitative estimate of drug-likeness (QED) is 0.702. The lowest BCUT2D eigenvalue weighted by molar-refractivity contribution is -0.107. The van der Waals surface area contributed by atoms with Gasteiger partial charge in [0, 0.05) is 11.1 Å². The first-order chi connectivity index (χ1) is 5.65. The molecule has 0 atom stereocenters. The normalized spacial score (nSPS) is 9.42. The van der Waals surface area contributed by atoms with Crippen LogP contribution in [0.3, 0.4) is 0 Å². The highest BCUT2D eigenvalue weighted by Gasteiger charge is 2.15. The number of carbonyl (C=O) groups excluding carboxylic acids is 1. The molecule has 1 rings (SSSR count). The van der Waals surface area contributed by atoms with Crippen molar-refractivity contribution < 1.29 is 14.7 Å². The predicted octanol–water partition coefficient (Wildman–Crippen LogP) is 1.09. The van der Waals surface area contributed by atoms with Gasteiger partial charge in [-0.25, -0.2) is 9.78 Å². The number of hydrogen-bond donors (Lipinski definition) is 1. The zero-order valence-electron chi connectivity index (χ0n) is 6.22. The van der Waals surface area contributed by atoms with E-state index < -0.39 is 6.09 Å². The molecule has 2 amide bonds. The molecule has 0 aliphatic rings. The van der Waals surface area contributed by atoms with Crippen LogP contribution in [-0.4, -0.2) is 22.6 Å². The first kappa shape index (κ1) is 8.66. The summed E-state index contributed by atoms with van der Waals surface area (Å²) in [5.41, 5.74) is 0. The average Bonchev–Trinajstić information content (AvgIpc) is 2.37. The van der Waals surface area contributed by atoms with Crippen molar-refractivity contribution in [3.8, 4) is 0 Å². The molecule has 0 spiro atoms. The lowest BCUT2D eigenvalue weighted by Gasteiger charge is -2.04. The molecule has 12 heavy (non-hydrogen) atoms. The van der Waals surface area contributed by atoms with Gasteiger partial charge in [0.1, 0.15) is 0 Å². The van der Waals surface area contributed by atoms with Crippen molar-refractivity contribution in [3.05, 3.63) is 11.1 Å². The number of thiazole rings is 1. The van der Waals surface area contributed by atoms with Gasteiger partial charge in [-0.05, 0) is 6.92 Å². The van der Waals surface area contributed by atoms with Crippen LogP contribution in [-0.2, 0) is 4.79 Å². The summed E-state index contributed by atoms with van der Waals surface area (Å²) in [7, 11) is 0. The van der Waals surface area contributed by atoms with Crippen LogP contribution < -0.4 is 4.90 Å². The first-order valence-corrected chi connectivity index (χ1v) is 3.86. The number of rotatable bonds is 2. The van der Waals surface area contributed by atoms with Gasteiger partial charge >= 0.3 is 6.09 Å². The Morgan fingerprint density at radius 2 is 2.50 bits per heavy atom. The van der Waals surface area contributed by atoms with Crippen LogP contribution in [0.25, 0.3) is 0 Å². The molecular weight excluding hydrogens is 180 g/mol. The van der Waals surface area contributed by atoms with Crippen molar-refractivity contribution in [2.45, 2.75) is 6.92 Å². The molecule has 5 nitrogen and oxygen atoms in total. The Labute approximate surface area is 72.3 Å². The molecule has 0 unspecified atom stereocenters. The number of carbonyl (C=O) groups is 2. The van der Waals surface area contributed by atoms with E-state index in [-0.39, 0.29) is 11.5 Å². The van der Waals surface area contributed by atoms with Crippen molar-refractivity contribution >= 4 is 29.0 Å². The molecule has 0 radical (unpaired) electrons. The Kier molecular flexibility index (Phi) is 2.39. The summed E-state index contributed by atoms with van der Waals surface area (Å²) in [6.07, 6.45) is 0.416. The predicted molar refractivity (Wildman–Crippen MR) is 43.4 cm³/mol. The summed E-state index contributed by atoms with van der Waals surface area (Å²) in [4.78, 5) is 25.8. The fourth-order valence-electron chi connectivity index (χ4n) is 0.626. The van der Waals surface area contributed by atoms with Crippen molar-refractivity contribution in [1.29, 1.82) is 0 Å². The topological polar surface area (TPSA) is 70.5 Å². The number of carboxylic acid groups (broad SMARTS) is 1. The summed E-state index contributed by atoms with van der Waals surface area (Å²) in [6.45, 7) is 1.78. The maximum Gasteiger partial charge on any atom is 0.420 e. The molecule has 0 aliphatic carbocycles. The summed E-state index contributed by atoms with van der Waals surface area (Å²) in [5.74, 6) is 0. The van der Waals surface area contributed by atoms with Gasteiger partial charge in [0.25, 0.3) is 0 Å². The molecule has 1 heterocycles. The first-order valence-electron chi connectivity index (χ1n) is 3.05. The fraction of sp³-hybridized carbons (Fsp3) is 0.167. The van der Waals surface area contributed by atoms with E-state index in [0.29, 0.717) is 4.90 Å². The number of nitrogens with zero attached hydrogens (tertiary/aromatic N) is 2. The van der Waals surface area contributed by atoms with E-state index in [0.717, 1.165) is 16.2 Å². The lowest BCUT2D eigenvalue weighted by atomic mass is 10.6. The molecule has 0 aliphatic heterocycles. The molecule has 0 saturated carbocycles. The van der Waals surface area contributed by atoms with Crippen molar-refractivity contribution in [1.82, 2.24) is 4.98 Å². The van der Waals surface area contributed by atoms with E-state index in [1.54, 1.807) is 6.92 Å². The summed E-state index contributed by atoms with van der Waals surface area (Å²) in [5, 5.41) is 8.67. The van der Waals surface area contributed by atoms with E-state index in [9.17, 15) is 9.59 Å². The van der Waals surface area contributed by atoms with E-state index in [1.807, 2.05) is 0 Å². The fourth-order valence-corrected chi connectivity index (χ4v) is 1.34. The smallest absolute Gasteiger partial charge is 0.420 e.